The minimum absolute atomic E-state index is 0.378. The Morgan fingerprint density at radius 1 is 0.714 bits per heavy atom. The summed E-state index contributed by atoms with van der Waals surface area (Å²) in [5.41, 5.74) is 0. The van der Waals surface area contributed by atoms with Crippen LogP contribution in [0.15, 0.2) is 48.5 Å². The maximum Gasteiger partial charge on any atom is 0.150 e. The number of hydrogen-bond acceptors (Lipinski definition) is 2. The molecule has 0 spiro atoms. The van der Waals surface area contributed by atoms with Crippen LogP contribution >= 0.6 is 0 Å². The highest BCUT2D eigenvalue weighted by Gasteiger charge is 2.07. The number of sulfone groups is 1. The highest BCUT2D eigenvalue weighted by Crippen LogP contribution is 2.11. The third-order valence-corrected chi connectivity index (χ3v) is 5.10. The Hall–Kier alpha value is -1.35. The maximum absolute atomic E-state index is 11.1. The summed E-state index contributed by atoms with van der Waals surface area (Å²) in [6.45, 7) is 4.02. The molecule has 0 N–H and O–H groups in total. The molecule has 0 aromatic heterocycles. The van der Waals surface area contributed by atoms with Crippen LogP contribution in [0.4, 0.5) is 0 Å². The second-order valence-corrected chi connectivity index (χ2v) is 7.51. The van der Waals surface area contributed by atoms with E-state index in [2.05, 4.69) is 48.5 Å². The average molecular weight is 306 g/mol. The summed E-state index contributed by atoms with van der Waals surface area (Å²) in [5, 5.41) is 2.62. The van der Waals surface area contributed by atoms with Gasteiger partial charge in [0, 0.05) is 0 Å². The Bertz CT molecular complexity index is 538. The van der Waals surface area contributed by atoms with E-state index in [1.807, 2.05) is 13.8 Å². The van der Waals surface area contributed by atoms with E-state index in [1.165, 1.54) is 10.8 Å². The van der Waals surface area contributed by atoms with E-state index in [-0.39, 0.29) is 0 Å². The minimum Gasteiger partial charge on any atom is -0.229 e. The van der Waals surface area contributed by atoms with Crippen LogP contribution in [0.3, 0.4) is 0 Å². The average Bonchev–Trinajstić information content (AvgIpc) is 2.52. The summed E-state index contributed by atoms with van der Waals surface area (Å²) in [6.07, 6.45) is 3.55. The molecule has 2 rings (SSSR count). The predicted octanol–water partition coefficient (Wildman–Crippen LogP) is 4.84. The first kappa shape index (κ1) is 17.7. The van der Waals surface area contributed by atoms with Gasteiger partial charge < -0.3 is 0 Å². The van der Waals surface area contributed by atoms with Gasteiger partial charge in [-0.05, 0) is 23.6 Å². The van der Waals surface area contributed by atoms with Crippen molar-refractivity contribution in [1.29, 1.82) is 0 Å². The van der Waals surface area contributed by atoms with E-state index >= 15 is 0 Å². The van der Waals surface area contributed by atoms with Crippen molar-refractivity contribution in [1.82, 2.24) is 0 Å². The molecule has 2 aromatic rings. The van der Waals surface area contributed by atoms with Crippen molar-refractivity contribution in [3.05, 3.63) is 48.5 Å². The first-order valence-electron chi connectivity index (χ1n) is 7.73. The van der Waals surface area contributed by atoms with Crippen LogP contribution in [-0.4, -0.2) is 19.9 Å². The van der Waals surface area contributed by atoms with Gasteiger partial charge in [-0.2, -0.15) is 0 Å². The lowest BCUT2D eigenvalue weighted by Gasteiger charge is -2.00. The summed E-state index contributed by atoms with van der Waals surface area (Å²) in [7, 11) is -2.71. The highest BCUT2D eigenvalue weighted by molar-refractivity contribution is 7.91. The molecule has 3 heteroatoms. The van der Waals surface area contributed by atoms with E-state index in [0.29, 0.717) is 11.5 Å². The molecule has 0 unspecified atom stereocenters. The van der Waals surface area contributed by atoms with Crippen molar-refractivity contribution < 1.29 is 8.42 Å². The summed E-state index contributed by atoms with van der Waals surface area (Å²) in [4.78, 5) is 0. The molecule has 0 aliphatic heterocycles. The summed E-state index contributed by atoms with van der Waals surface area (Å²) in [5.74, 6) is 0.757. The van der Waals surface area contributed by atoms with Crippen molar-refractivity contribution in [3.8, 4) is 0 Å². The van der Waals surface area contributed by atoms with Crippen molar-refractivity contribution in [2.75, 3.05) is 11.5 Å². The second kappa shape index (κ2) is 9.56. The molecule has 0 aliphatic rings. The molecular weight excluding hydrogens is 280 g/mol. The topological polar surface area (TPSA) is 34.1 Å². The van der Waals surface area contributed by atoms with E-state index in [4.69, 9.17) is 0 Å². The van der Waals surface area contributed by atoms with Crippen molar-refractivity contribution in [2.45, 2.75) is 39.5 Å². The molecule has 0 atom stereocenters. The largest absolute Gasteiger partial charge is 0.229 e. The SMILES string of the molecule is CCCCS(=O)(=O)CCCC.c1ccc2ccccc2c1. The van der Waals surface area contributed by atoms with Gasteiger partial charge in [0.05, 0.1) is 11.5 Å². The van der Waals surface area contributed by atoms with Gasteiger partial charge in [-0.25, -0.2) is 8.42 Å². The lowest BCUT2D eigenvalue weighted by atomic mass is 10.1. The fourth-order valence-corrected chi connectivity index (χ4v) is 3.62. The fourth-order valence-electron chi connectivity index (χ4n) is 1.96. The Balaban J connectivity index is 0.000000210. The molecule has 0 saturated carbocycles. The normalized spacial score (nSPS) is 11.0. The van der Waals surface area contributed by atoms with Gasteiger partial charge in [0.15, 0.2) is 0 Å². The number of unbranched alkanes of at least 4 members (excludes halogenated alkanes) is 2. The molecule has 0 radical (unpaired) electrons. The molecule has 0 saturated heterocycles. The first-order chi connectivity index (χ1) is 10.1. The Kier molecular flexibility index (Phi) is 8.06. The van der Waals surface area contributed by atoms with Gasteiger partial charge in [-0.3, -0.25) is 0 Å². The molecule has 0 fully saturated rings. The molecule has 2 aromatic carbocycles. The second-order valence-electron chi connectivity index (χ2n) is 5.21. The molecule has 0 heterocycles. The summed E-state index contributed by atoms with van der Waals surface area (Å²) < 4.78 is 22.3. The van der Waals surface area contributed by atoms with Crippen molar-refractivity contribution in [2.24, 2.45) is 0 Å². The van der Waals surface area contributed by atoms with E-state index in [0.717, 1.165) is 25.7 Å². The van der Waals surface area contributed by atoms with E-state index in [1.54, 1.807) is 0 Å². The maximum atomic E-state index is 11.1. The van der Waals surface area contributed by atoms with Crippen LogP contribution < -0.4 is 0 Å². The monoisotopic (exact) mass is 306 g/mol. The molecule has 21 heavy (non-hydrogen) atoms. The number of fused-ring (bicyclic) bond motifs is 1. The van der Waals surface area contributed by atoms with Crippen molar-refractivity contribution >= 4 is 20.6 Å². The van der Waals surface area contributed by atoms with Crippen molar-refractivity contribution in [3.63, 3.8) is 0 Å². The van der Waals surface area contributed by atoms with Gasteiger partial charge in [0.2, 0.25) is 0 Å². The summed E-state index contributed by atoms with van der Waals surface area (Å²) in [6, 6.07) is 16.7. The van der Waals surface area contributed by atoms with Crippen LogP contribution in [0, 0.1) is 0 Å². The van der Waals surface area contributed by atoms with Gasteiger partial charge in [0.1, 0.15) is 9.84 Å². The van der Waals surface area contributed by atoms with Crippen LogP contribution in [0.1, 0.15) is 39.5 Å². The lowest BCUT2D eigenvalue weighted by molar-refractivity contribution is 0.589. The van der Waals surface area contributed by atoms with Gasteiger partial charge in [0.25, 0.3) is 0 Å². The first-order valence-corrected chi connectivity index (χ1v) is 9.55. The van der Waals surface area contributed by atoms with Crippen LogP contribution in [0.5, 0.6) is 0 Å². The highest BCUT2D eigenvalue weighted by atomic mass is 32.2. The third-order valence-electron chi connectivity index (χ3n) is 3.28. The predicted molar refractivity (Wildman–Crippen MR) is 92.4 cm³/mol. The number of rotatable bonds is 6. The fraction of sp³-hybridized carbons (Fsp3) is 0.444. The zero-order valence-electron chi connectivity index (χ0n) is 13.1. The zero-order valence-corrected chi connectivity index (χ0v) is 13.9. The smallest absolute Gasteiger partial charge is 0.150 e. The molecule has 0 amide bonds. The number of hydrogen-bond donors (Lipinski definition) is 0. The molecule has 2 nitrogen and oxygen atoms in total. The van der Waals surface area contributed by atoms with E-state index < -0.39 is 9.84 Å². The standard InChI is InChI=1S/C10H8.C8H18O2S/c1-2-6-10-8-4-3-7-9(10)5-1;1-3-5-7-11(9,10)8-6-4-2/h1-8H;3-8H2,1-2H3. The Morgan fingerprint density at radius 2 is 1.05 bits per heavy atom. The minimum atomic E-state index is -2.71. The summed E-state index contributed by atoms with van der Waals surface area (Å²) >= 11 is 0. The van der Waals surface area contributed by atoms with Gasteiger partial charge in [-0.1, -0.05) is 75.2 Å². The Labute approximate surface area is 129 Å². The molecule has 0 bridgehead atoms. The van der Waals surface area contributed by atoms with Gasteiger partial charge >= 0.3 is 0 Å². The van der Waals surface area contributed by atoms with E-state index in [9.17, 15) is 8.42 Å². The quantitative estimate of drug-likeness (QED) is 0.765. The van der Waals surface area contributed by atoms with Crippen LogP contribution in [0.2, 0.25) is 0 Å². The zero-order chi connectivity index (χ0) is 15.6. The number of benzene rings is 2. The Morgan fingerprint density at radius 3 is 1.33 bits per heavy atom. The van der Waals surface area contributed by atoms with Crippen LogP contribution in [-0.2, 0) is 9.84 Å². The van der Waals surface area contributed by atoms with Crippen LogP contribution in [0.25, 0.3) is 10.8 Å². The molecular formula is C18H26O2S. The molecule has 0 aliphatic carbocycles. The molecule has 116 valence electrons. The third kappa shape index (κ3) is 7.28. The van der Waals surface area contributed by atoms with Gasteiger partial charge in [-0.15, -0.1) is 0 Å². The lowest BCUT2D eigenvalue weighted by Crippen LogP contribution is -2.10.